The van der Waals surface area contributed by atoms with Crippen molar-refractivity contribution >= 4 is 8.25 Å². The van der Waals surface area contributed by atoms with E-state index < -0.39 is 50.2 Å². The Balaban J connectivity index is 2.35. The van der Waals surface area contributed by atoms with Gasteiger partial charge in [-0.05, 0) is 6.92 Å². The maximum Gasteiger partial charge on any atom is 0.695 e. The van der Waals surface area contributed by atoms with E-state index in [4.69, 9.17) is 9.63 Å². The normalized spacial score (nSPS) is 31.1. The molecule has 1 saturated heterocycles. The number of H-pyrrole nitrogens is 1. The second-order valence-corrected chi connectivity index (χ2v) is 5.19. The number of aliphatic hydroxyl groups is 1. The molecule has 0 aliphatic carbocycles. The van der Waals surface area contributed by atoms with Crippen molar-refractivity contribution in [2.75, 3.05) is 0 Å². The first-order valence-electron chi connectivity index (χ1n) is 5.93. The third-order valence-corrected chi connectivity index (χ3v) is 3.44. The van der Waals surface area contributed by atoms with Crippen molar-refractivity contribution in [1.82, 2.24) is 9.55 Å². The Morgan fingerprint density at radius 2 is 2.24 bits per heavy atom. The molecule has 1 aromatic heterocycles. The lowest BCUT2D eigenvalue weighted by Crippen LogP contribution is -2.37. The number of aliphatic hydroxyl groups excluding tert-OH is 1. The first-order chi connectivity index (χ1) is 9.81. The third-order valence-electron chi connectivity index (χ3n) is 3.02. The summed E-state index contributed by atoms with van der Waals surface area (Å²) in [6.07, 6.45) is -6.42. The van der Waals surface area contributed by atoms with E-state index in [9.17, 15) is 23.7 Å². The van der Waals surface area contributed by atoms with Gasteiger partial charge in [0.2, 0.25) is 0 Å². The van der Waals surface area contributed by atoms with Gasteiger partial charge in [0.05, 0.1) is 6.10 Å². The van der Waals surface area contributed by atoms with Crippen LogP contribution in [-0.4, -0.2) is 44.0 Å². The molecule has 11 heteroatoms. The molecule has 2 rings (SSSR count). The fourth-order valence-electron chi connectivity index (χ4n) is 2.11. The lowest BCUT2D eigenvalue weighted by atomic mass is 10.1. The van der Waals surface area contributed by atoms with Crippen LogP contribution in [0.4, 0.5) is 4.39 Å². The molecule has 3 N–H and O–H groups in total. The number of ether oxygens (including phenoxy) is 1. The van der Waals surface area contributed by atoms with E-state index in [1.807, 2.05) is 4.98 Å². The highest BCUT2D eigenvalue weighted by Crippen LogP contribution is 2.38. The van der Waals surface area contributed by atoms with E-state index in [2.05, 4.69) is 4.52 Å². The average Bonchev–Trinajstić information content (AvgIpc) is 2.67. The monoisotopic (exact) mass is 323 g/mol. The molecule has 21 heavy (non-hydrogen) atoms. The number of hydrogen-bond donors (Lipinski definition) is 3. The van der Waals surface area contributed by atoms with Crippen LogP contribution in [0.3, 0.4) is 0 Å². The SMILES string of the molecule is C[C@@H](O)[C@H]1O[C@@H](n2ccc(=O)[nH]c2=O)C(F)C1O[P+](=O)O. The van der Waals surface area contributed by atoms with Crippen LogP contribution in [0.25, 0.3) is 0 Å². The summed E-state index contributed by atoms with van der Waals surface area (Å²) in [4.78, 5) is 33.3. The summed E-state index contributed by atoms with van der Waals surface area (Å²) in [6, 6.07) is 0.996. The third kappa shape index (κ3) is 3.25. The number of aromatic nitrogens is 2. The molecular weight excluding hydrogens is 310 g/mol. The number of nitrogens with zero attached hydrogens (tertiary/aromatic N) is 1. The fourth-order valence-corrected chi connectivity index (χ4v) is 2.56. The summed E-state index contributed by atoms with van der Waals surface area (Å²) in [5, 5.41) is 9.54. The molecular formula is C10H13FN2O7P+. The Kier molecular flexibility index (Phi) is 4.64. The highest BCUT2D eigenvalue weighted by molar-refractivity contribution is 7.32. The molecule has 0 amide bonds. The van der Waals surface area contributed by atoms with Crippen molar-refractivity contribution in [2.24, 2.45) is 0 Å². The van der Waals surface area contributed by atoms with E-state index >= 15 is 0 Å². The molecule has 2 heterocycles. The van der Waals surface area contributed by atoms with Crippen molar-refractivity contribution in [1.29, 1.82) is 0 Å². The molecule has 0 radical (unpaired) electrons. The van der Waals surface area contributed by atoms with Gasteiger partial charge >= 0.3 is 13.9 Å². The van der Waals surface area contributed by atoms with Crippen LogP contribution in [0.1, 0.15) is 13.2 Å². The first-order valence-corrected chi connectivity index (χ1v) is 7.06. The number of halogens is 1. The minimum absolute atomic E-state index is 0.664. The molecule has 1 aliphatic heterocycles. The van der Waals surface area contributed by atoms with Gasteiger partial charge in [-0.1, -0.05) is 0 Å². The second-order valence-electron chi connectivity index (χ2n) is 4.50. The molecule has 9 nitrogen and oxygen atoms in total. The molecule has 0 bridgehead atoms. The van der Waals surface area contributed by atoms with Crippen molar-refractivity contribution in [3.8, 4) is 0 Å². The second kappa shape index (κ2) is 6.12. The summed E-state index contributed by atoms with van der Waals surface area (Å²) in [5.74, 6) is 0. The number of rotatable bonds is 4. The van der Waals surface area contributed by atoms with Crippen LogP contribution in [0, 0.1) is 0 Å². The van der Waals surface area contributed by atoms with Crippen LogP contribution in [0.15, 0.2) is 21.9 Å². The van der Waals surface area contributed by atoms with Crippen molar-refractivity contribution < 1.29 is 28.2 Å². The predicted molar refractivity (Wildman–Crippen MR) is 66.5 cm³/mol. The Hall–Kier alpha value is -1.45. The number of alkyl halides is 1. The molecule has 116 valence electrons. The standard InChI is InChI=1S/C10H12FN2O7P/c1-4(14)7-8(20-21(17)18)6(11)9(19-7)13-3-2-5(15)12-10(13)16/h2-4,6-9,14H,1H3,(H-,12,15,16,17,18)/p+1/t4-,6?,7-,8?,9-/m1/s1. The highest BCUT2D eigenvalue weighted by atomic mass is 31.1. The Labute approximate surface area is 117 Å². The van der Waals surface area contributed by atoms with Gasteiger partial charge in [-0.15, -0.1) is 9.42 Å². The van der Waals surface area contributed by atoms with Crippen LogP contribution < -0.4 is 11.2 Å². The Morgan fingerprint density at radius 1 is 1.57 bits per heavy atom. The molecule has 0 aromatic carbocycles. The van der Waals surface area contributed by atoms with E-state index in [-0.39, 0.29) is 0 Å². The van der Waals surface area contributed by atoms with Crippen LogP contribution >= 0.6 is 8.25 Å². The lowest BCUT2D eigenvalue weighted by molar-refractivity contribution is -0.0756. The zero-order valence-electron chi connectivity index (χ0n) is 10.7. The maximum atomic E-state index is 14.3. The van der Waals surface area contributed by atoms with E-state index in [1.54, 1.807) is 0 Å². The van der Waals surface area contributed by atoms with Gasteiger partial charge in [0.15, 0.2) is 18.5 Å². The van der Waals surface area contributed by atoms with Gasteiger partial charge in [-0.25, -0.2) is 9.18 Å². The van der Waals surface area contributed by atoms with Crippen LogP contribution in [0.2, 0.25) is 0 Å². The van der Waals surface area contributed by atoms with Crippen molar-refractivity contribution in [3.05, 3.63) is 33.1 Å². The highest BCUT2D eigenvalue weighted by Gasteiger charge is 2.53. The smallest absolute Gasteiger partial charge is 0.391 e. The number of hydrogen-bond acceptors (Lipinski definition) is 6. The van der Waals surface area contributed by atoms with Crippen molar-refractivity contribution in [3.63, 3.8) is 0 Å². The van der Waals surface area contributed by atoms with Gasteiger partial charge in [0.1, 0.15) is 6.10 Å². The lowest BCUT2D eigenvalue weighted by Gasteiger charge is -2.17. The number of nitrogens with one attached hydrogen (secondary N) is 1. The average molecular weight is 323 g/mol. The summed E-state index contributed by atoms with van der Waals surface area (Å²) >= 11 is 0. The maximum absolute atomic E-state index is 14.3. The fraction of sp³-hybridized carbons (Fsp3) is 0.600. The van der Waals surface area contributed by atoms with Gasteiger partial charge in [-0.2, -0.15) is 0 Å². The summed E-state index contributed by atoms with van der Waals surface area (Å²) in [6.45, 7) is 1.29. The molecule has 6 atom stereocenters. The quantitative estimate of drug-likeness (QED) is 0.617. The summed E-state index contributed by atoms with van der Waals surface area (Å²) in [5.41, 5.74) is -1.57. The van der Waals surface area contributed by atoms with Crippen LogP contribution in [-0.2, 0) is 13.8 Å². The molecule has 1 aliphatic rings. The minimum Gasteiger partial charge on any atom is -0.391 e. The van der Waals surface area contributed by atoms with E-state index in [0.717, 1.165) is 16.8 Å². The summed E-state index contributed by atoms with van der Waals surface area (Å²) < 4.78 is 35.6. The predicted octanol–water partition coefficient (Wildman–Crippen LogP) is -0.812. The Morgan fingerprint density at radius 3 is 2.76 bits per heavy atom. The Bertz CT molecular complexity index is 645. The van der Waals surface area contributed by atoms with Gasteiger partial charge in [0, 0.05) is 16.8 Å². The summed E-state index contributed by atoms with van der Waals surface area (Å²) in [7, 11) is -3.12. The van der Waals surface area contributed by atoms with E-state index in [1.165, 1.54) is 6.92 Å². The van der Waals surface area contributed by atoms with E-state index in [0.29, 0.717) is 0 Å². The van der Waals surface area contributed by atoms with Gasteiger partial charge in [-0.3, -0.25) is 14.3 Å². The zero-order chi connectivity index (χ0) is 15.7. The zero-order valence-corrected chi connectivity index (χ0v) is 11.6. The van der Waals surface area contributed by atoms with Crippen LogP contribution in [0.5, 0.6) is 0 Å². The molecule has 3 unspecified atom stereocenters. The molecule has 0 spiro atoms. The minimum atomic E-state index is -3.12. The largest absolute Gasteiger partial charge is 0.695 e. The van der Waals surface area contributed by atoms with Gasteiger partial charge in [0.25, 0.3) is 5.56 Å². The molecule has 1 fully saturated rings. The van der Waals surface area contributed by atoms with Crippen molar-refractivity contribution in [2.45, 2.75) is 37.6 Å². The topological polar surface area (TPSA) is 131 Å². The van der Waals surface area contributed by atoms with Gasteiger partial charge < -0.3 is 9.84 Å². The number of aromatic amines is 1. The molecule has 1 aromatic rings. The first kappa shape index (κ1) is 15.9. The molecule has 0 saturated carbocycles.